The summed E-state index contributed by atoms with van der Waals surface area (Å²) in [6, 6.07) is 21.2. The van der Waals surface area contributed by atoms with Crippen LogP contribution < -0.4 is 10.1 Å². The van der Waals surface area contributed by atoms with Gasteiger partial charge in [0.1, 0.15) is 24.0 Å². The van der Waals surface area contributed by atoms with Crippen molar-refractivity contribution in [1.29, 1.82) is 5.26 Å². The number of amides is 1. The van der Waals surface area contributed by atoms with Crippen LogP contribution in [-0.2, 0) is 11.4 Å². The van der Waals surface area contributed by atoms with Crippen molar-refractivity contribution in [1.82, 2.24) is 0 Å². The number of nitrogens with zero attached hydrogens (tertiary/aromatic N) is 1. The minimum atomic E-state index is -0.444. The molecule has 1 amide bonds. The zero-order chi connectivity index (χ0) is 22.4. The highest BCUT2D eigenvalue weighted by atomic mass is 127. The normalized spacial score (nSPS) is 11.0. The molecule has 3 aromatic rings. The smallest absolute Gasteiger partial charge is 0.266 e. The third-order valence-corrected chi connectivity index (χ3v) is 6.04. The number of ether oxygens (including phenoxy) is 1. The number of nitriles is 1. The standard InChI is InChI=1S/C25H20BrIN2O2/c1-16-3-9-22(11-17(16)2)29-25(30)20(14-28)12-19-6-10-24(23(26)13-19)31-15-18-4-7-21(27)8-5-18/h3-13H,15H2,1-2H3,(H,29,30)/b20-12+. The number of carbonyl (C=O) groups is 1. The number of aryl methyl sites for hydroxylation is 2. The molecule has 0 aliphatic rings. The Bertz CT molecular complexity index is 1180. The summed E-state index contributed by atoms with van der Waals surface area (Å²) < 4.78 is 7.81. The van der Waals surface area contributed by atoms with Gasteiger partial charge in [0.15, 0.2) is 0 Å². The SMILES string of the molecule is Cc1ccc(NC(=O)/C(C#N)=C/c2ccc(OCc3ccc(I)cc3)c(Br)c2)cc1C. The molecule has 0 saturated heterocycles. The molecule has 0 saturated carbocycles. The van der Waals surface area contributed by atoms with Crippen LogP contribution in [0.1, 0.15) is 22.3 Å². The molecular weight excluding hydrogens is 567 g/mol. The van der Waals surface area contributed by atoms with E-state index in [1.165, 1.54) is 3.57 Å². The molecule has 1 N–H and O–H groups in total. The van der Waals surface area contributed by atoms with Crippen LogP contribution in [-0.4, -0.2) is 5.91 Å². The van der Waals surface area contributed by atoms with Crippen molar-refractivity contribution in [2.24, 2.45) is 0 Å². The highest BCUT2D eigenvalue weighted by molar-refractivity contribution is 14.1. The Kier molecular flexibility index (Phi) is 7.88. The summed E-state index contributed by atoms with van der Waals surface area (Å²) in [5.41, 5.74) is 4.70. The number of benzene rings is 3. The van der Waals surface area contributed by atoms with Crippen molar-refractivity contribution < 1.29 is 9.53 Å². The molecule has 0 atom stereocenters. The van der Waals surface area contributed by atoms with Crippen LogP contribution in [0.25, 0.3) is 6.08 Å². The van der Waals surface area contributed by atoms with Crippen LogP contribution >= 0.6 is 38.5 Å². The predicted molar refractivity (Wildman–Crippen MR) is 136 cm³/mol. The Morgan fingerprint density at radius 3 is 2.48 bits per heavy atom. The Balaban J connectivity index is 1.70. The van der Waals surface area contributed by atoms with Crippen LogP contribution in [0.15, 0.2) is 70.7 Å². The molecule has 0 aliphatic heterocycles. The summed E-state index contributed by atoms with van der Waals surface area (Å²) in [6.07, 6.45) is 1.56. The molecular formula is C25H20BrIN2O2. The molecule has 0 bridgehead atoms. The second-order valence-electron chi connectivity index (χ2n) is 7.03. The lowest BCUT2D eigenvalue weighted by Gasteiger charge is -2.10. The fourth-order valence-corrected chi connectivity index (χ4v) is 3.67. The van der Waals surface area contributed by atoms with Gasteiger partial charge in [-0.1, -0.05) is 24.3 Å². The monoisotopic (exact) mass is 586 g/mol. The average molecular weight is 587 g/mol. The highest BCUT2D eigenvalue weighted by Crippen LogP contribution is 2.28. The Labute approximate surface area is 204 Å². The first-order valence-electron chi connectivity index (χ1n) is 9.53. The summed E-state index contributed by atoms with van der Waals surface area (Å²) in [6.45, 7) is 4.44. The predicted octanol–water partition coefficient (Wildman–Crippen LogP) is 6.80. The van der Waals surface area contributed by atoms with Crippen molar-refractivity contribution in [2.45, 2.75) is 20.5 Å². The van der Waals surface area contributed by atoms with Gasteiger partial charge >= 0.3 is 0 Å². The first-order valence-corrected chi connectivity index (χ1v) is 11.4. The van der Waals surface area contributed by atoms with Crippen LogP contribution in [0, 0.1) is 28.7 Å². The lowest BCUT2D eigenvalue weighted by Crippen LogP contribution is -2.13. The summed E-state index contributed by atoms with van der Waals surface area (Å²) in [5, 5.41) is 12.3. The maximum atomic E-state index is 12.5. The number of carbonyl (C=O) groups excluding carboxylic acids is 1. The number of nitrogens with one attached hydrogen (secondary N) is 1. The van der Waals surface area contributed by atoms with E-state index in [4.69, 9.17) is 4.74 Å². The maximum Gasteiger partial charge on any atom is 0.266 e. The van der Waals surface area contributed by atoms with Gasteiger partial charge in [-0.3, -0.25) is 4.79 Å². The summed E-state index contributed by atoms with van der Waals surface area (Å²) >= 11 is 5.78. The molecule has 3 rings (SSSR count). The largest absolute Gasteiger partial charge is 0.488 e. The van der Waals surface area contributed by atoms with Gasteiger partial charge < -0.3 is 10.1 Å². The molecule has 0 fully saturated rings. The number of halogens is 2. The van der Waals surface area contributed by atoms with E-state index >= 15 is 0 Å². The van der Waals surface area contributed by atoms with E-state index in [1.807, 2.05) is 80.6 Å². The van der Waals surface area contributed by atoms with E-state index in [0.717, 1.165) is 26.7 Å². The Morgan fingerprint density at radius 1 is 1.10 bits per heavy atom. The van der Waals surface area contributed by atoms with Gasteiger partial charge in [-0.2, -0.15) is 5.26 Å². The van der Waals surface area contributed by atoms with Gasteiger partial charge in [0, 0.05) is 9.26 Å². The molecule has 0 spiro atoms. The summed E-state index contributed by atoms with van der Waals surface area (Å²) in [7, 11) is 0. The van der Waals surface area contributed by atoms with Crippen molar-refractivity contribution >= 4 is 56.2 Å². The van der Waals surface area contributed by atoms with Gasteiger partial charge in [0.25, 0.3) is 5.91 Å². The van der Waals surface area contributed by atoms with E-state index in [9.17, 15) is 10.1 Å². The highest BCUT2D eigenvalue weighted by Gasteiger charge is 2.11. The van der Waals surface area contributed by atoms with Crippen molar-refractivity contribution in [2.75, 3.05) is 5.32 Å². The van der Waals surface area contributed by atoms with E-state index in [-0.39, 0.29) is 5.57 Å². The van der Waals surface area contributed by atoms with Crippen molar-refractivity contribution in [3.63, 3.8) is 0 Å². The van der Waals surface area contributed by atoms with Gasteiger partial charge in [-0.05, 0) is 117 Å². The van der Waals surface area contributed by atoms with Crippen molar-refractivity contribution in [3.05, 3.63) is 96.5 Å². The Morgan fingerprint density at radius 2 is 1.84 bits per heavy atom. The molecule has 0 unspecified atom stereocenters. The fraction of sp³-hybridized carbons (Fsp3) is 0.120. The van der Waals surface area contributed by atoms with Gasteiger partial charge in [0.2, 0.25) is 0 Å². The number of rotatable bonds is 6. The molecule has 31 heavy (non-hydrogen) atoms. The maximum absolute atomic E-state index is 12.5. The second kappa shape index (κ2) is 10.6. The van der Waals surface area contributed by atoms with Crippen molar-refractivity contribution in [3.8, 4) is 11.8 Å². The van der Waals surface area contributed by atoms with Crippen LogP contribution in [0.2, 0.25) is 0 Å². The topological polar surface area (TPSA) is 62.1 Å². The number of hydrogen-bond donors (Lipinski definition) is 1. The summed E-state index contributed by atoms with van der Waals surface area (Å²) in [5.74, 6) is 0.245. The van der Waals surface area contributed by atoms with Gasteiger partial charge in [-0.25, -0.2) is 0 Å². The third kappa shape index (κ3) is 6.42. The lowest BCUT2D eigenvalue weighted by atomic mass is 10.1. The van der Waals surface area contributed by atoms with E-state index in [0.29, 0.717) is 18.0 Å². The van der Waals surface area contributed by atoms with Crippen LogP contribution in [0.3, 0.4) is 0 Å². The molecule has 0 aliphatic carbocycles. The zero-order valence-electron chi connectivity index (χ0n) is 17.1. The number of hydrogen-bond acceptors (Lipinski definition) is 3. The molecule has 0 radical (unpaired) electrons. The van der Waals surface area contributed by atoms with Crippen LogP contribution in [0.4, 0.5) is 5.69 Å². The molecule has 0 heterocycles. The number of anilines is 1. The molecule has 3 aromatic carbocycles. The van der Waals surface area contributed by atoms with Gasteiger partial charge in [0.05, 0.1) is 4.47 Å². The minimum absolute atomic E-state index is 0.0256. The first-order chi connectivity index (χ1) is 14.9. The lowest BCUT2D eigenvalue weighted by molar-refractivity contribution is -0.112. The zero-order valence-corrected chi connectivity index (χ0v) is 20.8. The van der Waals surface area contributed by atoms with E-state index in [1.54, 1.807) is 6.08 Å². The second-order valence-corrected chi connectivity index (χ2v) is 9.13. The third-order valence-electron chi connectivity index (χ3n) is 4.70. The van der Waals surface area contributed by atoms with E-state index < -0.39 is 5.91 Å². The molecule has 156 valence electrons. The minimum Gasteiger partial charge on any atom is -0.488 e. The average Bonchev–Trinajstić information content (AvgIpc) is 2.75. The molecule has 0 aromatic heterocycles. The Hall–Kier alpha value is -2.63. The first kappa shape index (κ1) is 23.0. The van der Waals surface area contributed by atoms with Gasteiger partial charge in [-0.15, -0.1) is 0 Å². The molecule has 4 nitrogen and oxygen atoms in total. The molecule has 6 heteroatoms. The van der Waals surface area contributed by atoms with E-state index in [2.05, 4.69) is 43.8 Å². The summed E-state index contributed by atoms with van der Waals surface area (Å²) in [4.78, 5) is 12.5. The van der Waals surface area contributed by atoms with Crippen LogP contribution in [0.5, 0.6) is 5.75 Å². The fourth-order valence-electron chi connectivity index (χ4n) is 2.80. The quantitative estimate of drug-likeness (QED) is 0.196.